The lowest BCUT2D eigenvalue weighted by Gasteiger charge is -2.20. The van der Waals surface area contributed by atoms with Crippen LogP contribution in [0.25, 0.3) is 0 Å². The number of rotatable bonds is 7. The monoisotopic (exact) mass is 285 g/mol. The highest BCUT2D eigenvalue weighted by Gasteiger charge is 2.13. The van der Waals surface area contributed by atoms with Crippen LogP contribution in [0.4, 0.5) is 5.82 Å². The fourth-order valence-corrected chi connectivity index (χ4v) is 2.31. The van der Waals surface area contributed by atoms with Gasteiger partial charge in [-0.3, -0.25) is 0 Å². The Bertz CT molecular complexity index is 554. The topological polar surface area (TPSA) is 60.2 Å². The summed E-state index contributed by atoms with van der Waals surface area (Å²) in [7, 11) is 1.68. The first-order chi connectivity index (χ1) is 10.2. The minimum atomic E-state index is 0.224. The van der Waals surface area contributed by atoms with Crippen LogP contribution in [0.15, 0.2) is 42.6 Å². The number of nitrogens with two attached hydrogens (primary N) is 1. The largest absolute Gasteiger partial charge is 0.497 e. The molecule has 0 aliphatic rings. The minimum absolute atomic E-state index is 0.224. The Kier molecular flexibility index (Phi) is 5.58. The van der Waals surface area contributed by atoms with Crippen LogP contribution < -0.4 is 15.8 Å². The molecule has 4 nitrogen and oxygen atoms in total. The first-order valence-electron chi connectivity index (χ1n) is 7.31. The molecule has 0 fully saturated rings. The van der Waals surface area contributed by atoms with Gasteiger partial charge in [0.2, 0.25) is 0 Å². The number of ether oxygens (including phenoxy) is 1. The van der Waals surface area contributed by atoms with Crippen molar-refractivity contribution in [3.8, 4) is 5.75 Å². The number of anilines is 1. The smallest absolute Gasteiger partial charge is 0.126 e. The summed E-state index contributed by atoms with van der Waals surface area (Å²) in [5, 5.41) is 3.57. The molecule has 1 atom stereocenters. The first-order valence-corrected chi connectivity index (χ1v) is 7.31. The molecule has 1 unspecified atom stereocenters. The third-order valence-electron chi connectivity index (χ3n) is 3.51. The lowest BCUT2D eigenvalue weighted by atomic mass is 9.99. The lowest BCUT2D eigenvalue weighted by Crippen LogP contribution is -2.24. The van der Waals surface area contributed by atoms with Crippen molar-refractivity contribution in [1.29, 1.82) is 0 Å². The predicted molar refractivity (Wildman–Crippen MR) is 86.4 cm³/mol. The Balaban J connectivity index is 2.18. The zero-order valence-electron chi connectivity index (χ0n) is 12.7. The second-order valence-electron chi connectivity index (χ2n) is 5.03. The maximum atomic E-state index is 5.96. The molecule has 0 aliphatic carbocycles. The molecule has 112 valence electrons. The van der Waals surface area contributed by atoms with Crippen molar-refractivity contribution >= 4 is 5.82 Å². The molecule has 1 aromatic carbocycles. The van der Waals surface area contributed by atoms with Gasteiger partial charge in [-0.25, -0.2) is 4.98 Å². The third kappa shape index (κ3) is 4.20. The molecule has 0 saturated carbocycles. The zero-order valence-corrected chi connectivity index (χ0v) is 12.7. The number of hydrogen-bond acceptors (Lipinski definition) is 4. The molecule has 2 rings (SSSR count). The van der Waals surface area contributed by atoms with Crippen LogP contribution >= 0.6 is 0 Å². The molecule has 2 aromatic rings. The van der Waals surface area contributed by atoms with E-state index in [-0.39, 0.29) is 6.04 Å². The number of nitrogens with zero attached hydrogens (tertiary/aromatic N) is 1. The molecule has 4 heteroatoms. The van der Waals surface area contributed by atoms with Crippen molar-refractivity contribution in [1.82, 2.24) is 10.3 Å². The normalized spacial score (nSPS) is 12.1. The van der Waals surface area contributed by atoms with Gasteiger partial charge >= 0.3 is 0 Å². The van der Waals surface area contributed by atoms with E-state index in [0.717, 1.165) is 30.7 Å². The van der Waals surface area contributed by atoms with Crippen LogP contribution in [0.5, 0.6) is 5.75 Å². The highest BCUT2D eigenvalue weighted by molar-refractivity contribution is 5.40. The summed E-state index contributed by atoms with van der Waals surface area (Å²) < 4.78 is 5.22. The summed E-state index contributed by atoms with van der Waals surface area (Å²) in [5.41, 5.74) is 8.26. The molecular weight excluding hydrogens is 262 g/mol. The zero-order chi connectivity index (χ0) is 15.1. The van der Waals surface area contributed by atoms with Crippen LogP contribution in [0.3, 0.4) is 0 Å². The molecule has 0 amide bonds. The molecular formula is C17H23N3O. The SMILES string of the molecule is CCCNC(Cc1cccnc1N)c1ccc(OC)cc1. The number of benzene rings is 1. The van der Waals surface area contributed by atoms with Gasteiger partial charge in [-0.2, -0.15) is 0 Å². The van der Waals surface area contributed by atoms with E-state index in [1.54, 1.807) is 13.3 Å². The number of methoxy groups -OCH3 is 1. The Hall–Kier alpha value is -2.07. The van der Waals surface area contributed by atoms with Gasteiger partial charge in [0.15, 0.2) is 0 Å². The summed E-state index contributed by atoms with van der Waals surface area (Å²) in [4.78, 5) is 4.16. The Morgan fingerprint density at radius 2 is 2.00 bits per heavy atom. The van der Waals surface area contributed by atoms with Crippen molar-refractivity contribution in [3.63, 3.8) is 0 Å². The van der Waals surface area contributed by atoms with Gasteiger partial charge in [0.05, 0.1) is 7.11 Å². The number of nitrogen functional groups attached to an aromatic ring is 1. The summed E-state index contributed by atoms with van der Waals surface area (Å²) in [5.74, 6) is 1.48. The van der Waals surface area contributed by atoms with Crippen LogP contribution in [0.1, 0.15) is 30.5 Å². The predicted octanol–water partition coefficient (Wildman–Crippen LogP) is 2.96. The average Bonchev–Trinajstić information content (AvgIpc) is 2.53. The van der Waals surface area contributed by atoms with E-state index in [0.29, 0.717) is 5.82 Å². The van der Waals surface area contributed by atoms with Gasteiger partial charge in [0.1, 0.15) is 11.6 Å². The van der Waals surface area contributed by atoms with Gasteiger partial charge in [-0.05, 0) is 48.7 Å². The van der Waals surface area contributed by atoms with Gasteiger partial charge in [-0.1, -0.05) is 25.1 Å². The second-order valence-corrected chi connectivity index (χ2v) is 5.03. The van der Waals surface area contributed by atoms with Gasteiger partial charge < -0.3 is 15.8 Å². The fourth-order valence-electron chi connectivity index (χ4n) is 2.31. The molecule has 1 heterocycles. The summed E-state index contributed by atoms with van der Waals surface area (Å²) in [6.45, 7) is 3.13. The fraction of sp³-hybridized carbons (Fsp3) is 0.353. The van der Waals surface area contributed by atoms with Crippen molar-refractivity contribution in [2.75, 3.05) is 19.4 Å². The molecule has 0 saturated heterocycles. The Labute approximate surface area is 126 Å². The van der Waals surface area contributed by atoms with E-state index in [9.17, 15) is 0 Å². The van der Waals surface area contributed by atoms with Crippen molar-refractivity contribution < 1.29 is 4.74 Å². The molecule has 0 aliphatic heterocycles. The van der Waals surface area contributed by atoms with Gasteiger partial charge in [0.25, 0.3) is 0 Å². The van der Waals surface area contributed by atoms with Gasteiger partial charge in [0, 0.05) is 12.2 Å². The maximum Gasteiger partial charge on any atom is 0.126 e. The van der Waals surface area contributed by atoms with E-state index in [1.165, 1.54) is 5.56 Å². The van der Waals surface area contributed by atoms with E-state index < -0.39 is 0 Å². The Morgan fingerprint density at radius 1 is 1.24 bits per heavy atom. The lowest BCUT2D eigenvalue weighted by molar-refractivity contribution is 0.414. The minimum Gasteiger partial charge on any atom is -0.497 e. The third-order valence-corrected chi connectivity index (χ3v) is 3.51. The van der Waals surface area contributed by atoms with Crippen LogP contribution in [0.2, 0.25) is 0 Å². The van der Waals surface area contributed by atoms with Crippen LogP contribution in [-0.4, -0.2) is 18.6 Å². The number of aromatic nitrogens is 1. The maximum absolute atomic E-state index is 5.96. The summed E-state index contributed by atoms with van der Waals surface area (Å²) in [6, 6.07) is 12.4. The van der Waals surface area contributed by atoms with Crippen LogP contribution in [-0.2, 0) is 6.42 Å². The quantitative estimate of drug-likeness (QED) is 0.821. The van der Waals surface area contributed by atoms with Gasteiger partial charge in [-0.15, -0.1) is 0 Å². The van der Waals surface area contributed by atoms with Crippen LogP contribution in [0, 0.1) is 0 Å². The average molecular weight is 285 g/mol. The summed E-state index contributed by atoms with van der Waals surface area (Å²) in [6.07, 6.45) is 3.64. The summed E-state index contributed by atoms with van der Waals surface area (Å²) >= 11 is 0. The first kappa shape index (κ1) is 15.3. The number of hydrogen-bond donors (Lipinski definition) is 2. The molecule has 0 spiro atoms. The van der Waals surface area contributed by atoms with E-state index in [4.69, 9.17) is 10.5 Å². The highest BCUT2D eigenvalue weighted by Crippen LogP contribution is 2.23. The molecule has 1 aromatic heterocycles. The Morgan fingerprint density at radius 3 is 2.62 bits per heavy atom. The second kappa shape index (κ2) is 7.64. The van der Waals surface area contributed by atoms with E-state index >= 15 is 0 Å². The molecule has 21 heavy (non-hydrogen) atoms. The highest BCUT2D eigenvalue weighted by atomic mass is 16.5. The molecule has 0 radical (unpaired) electrons. The van der Waals surface area contributed by atoms with E-state index in [1.807, 2.05) is 24.3 Å². The van der Waals surface area contributed by atoms with Crippen molar-refractivity contribution in [2.24, 2.45) is 0 Å². The van der Waals surface area contributed by atoms with Crippen molar-refractivity contribution in [3.05, 3.63) is 53.7 Å². The van der Waals surface area contributed by atoms with Crippen molar-refractivity contribution in [2.45, 2.75) is 25.8 Å². The molecule has 0 bridgehead atoms. The standard InChI is InChI=1S/C17H23N3O/c1-3-10-19-16(12-14-5-4-11-20-17(14)18)13-6-8-15(21-2)9-7-13/h4-9,11,16,19H,3,10,12H2,1-2H3,(H2,18,20). The molecule has 3 N–H and O–H groups in total. The number of pyridine rings is 1. The van der Waals surface area contributed by atoms with E-state index in [2.05, 4.69) is 29.4 Å². The number of nitrogens with one attached hydrogen (secondary N) is 1.